The molecule has 5 aliphatic carbocycles. The molecule has 0 saturated heterocycles. The summed E-state index contributed by atoms with van der Waals surface area (Å²) in [7, 11) is 0. The van der Waals surface area contributed by atoms with Gasteiger partial charge < -0.3 is 14.3 Å². The van der Waals surface area contributed by atoms with E-state index in [-0.39, 0.29) is 57.4 Å². The highest BCUT2D eigenvalue weighted by atomic mass is 16.5. The molecule has 6 rings (SSSR count). The maximum Gasteiger partial charge on any atom is 0.302 e. The third-order valence-corrected chi connectivity index (χ3v) is 13.4. The number of rotatable bonds is 3. The number of hydrogen-bond acceptors (Lipinski definition) is 8. The second-order valence-electron chi connectivity index (χ2n) is 16.2. The van der Waals surface area contributed by atoms with Gasteiger partial charge in [0.05, 0.1) is 29.8 Å². The first-order valence-electron chi connectivity index (χ1n) is 16.0. The molecule has 1 aromatic heterocycles. The fourth-order valence-electron chi connectivity index (χ4n) is 10.9. The number of nitriles is 1. The van der Waals surface area contributed by atoms with Crippen molar-refractivity contribution in [2.45, 2.75) is 112 Å². The van der Waals surface area contributed by atoms with E-state index < -0.39 is 22.9 Å². The molecule has 1 aromatic rings. The predicted molar refractivity (Wildman–Crippen MR) is 159 cm³/mol. The van der Waals surface area contributed by atoms with Crippen LogP contribution in [0.5, 0.6) is 0 Å². The van der Waals surface area contributed by atoms with Crippen LogP contribution in [-0.2, 0) is 19.7 Å². The molecule has 1 heterocycles. The molecule has 1 N–H and O–H groups in total. The number of hydrogen-bond donors (Lipinski definition) is 1. The van der Waals surface area contributed by atoms with Gasteiger partial charge in [0.25, 0.3) is 0 Å². The number of ketones is 1. The highest BCUT2D eigenvalue weighted by Gasteiger charge is 2.71. The van der Waals surface area contributed by atoms with Gasteiger partial charge in [0, 0.05) is 30.6 Å². The molecule has 0 radical (unpaired) electrons. The molecule has 0 spiro atoms. The average molecular weight is 590 g/mol. The lowest BCUT2D eigenvalue weighted by Gasteiger charge is -2.69. The zero-order valence-electron chi connectivity index (χ0n) is 27.0. The summed E-state index contributed by atoms with van der Waals surface area (Å²) in [6.07, 6.45) is 9.08. The minimum atomic E-state index is -1.06. The molecule has 8 nitrogen and oxygen atoms in total. The molecular formula is C35H47N3O5. The highest BCUT2D eigenvalue weighted by Crippen LogP contribution is 2.74. The van der Waals surface area contributed by atoms with Crippen molar-refractivity contribution in [2.75, 3.05) is 6.61 Å². The zero-order valence-corrected chi connectivity index (χ0v) is 27.0. The fraction of sp³-hybridized carbons (Fsp3) is 0.743. The van der Waals surface area contributed by atoms with Crippen molar-refractivity contribution in [3.05, 3.63) is 35.1 Å². The normalized spacial score (nSPS) is 44.9. The maximum atomic E-state index is 14.7. The first-order valence-corrected chi connectivity index (χ1v) is 16.0. The predicted octanol–water partition coefficient (Wildman–Crippen LogP) is 6.18. The lowest BCUT2D eigenvalue weighted by Crippen LogP contribution is -2.66. The van der Waals surface area contributed by atoms with E-state index in [0.717, 1.165) is 50.5 Å². The molecular weight excluding hydrogens is 542 g/mol. The number of esters is 1. The topological polar surface area (TPSA) is 126 Å². The summed E-state index contributed by atoms with van der Waals surface area (Å²) in [6, 6.07) is 2.25. The largest absolute Gasteiger partial charge is 0.465 e. The molecule has 0 aliphatic heterocycles. The van der Waals surface area contributed by atoms with E-state index in [1.165, 1.54) is 6.92 Å². The lowest BCUT2D eigenvalue weighted by atomic mass is 9.34. The van der Waals surface area contributed by atoms with Gasteiger partial charge in [0.1, 0.15) is 0 Å². The van der Waals surface area contributed by atoms with Crippen LogP contribution in [0.4, 0.5) is 0 Å². The van der Waals surface area contributed by atoms with Gasteiger partial charge in [-0.25, -0.2) is 0 Å². The van der Waals surface area contributed by atoms with Crippen molar-refractivity contribution >= 4 is 11.8 Å². The zero-order chi connectivity index (χ0) is 31.4. The van der Waals surface area contributed by atoms with Crippen LogP contribution in [0.15, 0.2) is 27.7 Å². The van der Waals surface area contributed by atoms with Gasteiger partial charge in [-0.2, -0.15) is 5.26 Å². The summed E-state index contributed by atoms with van der Waals surface area (Å²) in [4.78, 5) is 26.6. The van der Waals surface area contributed by atoms with Gasteiger partial charge in [-0.3, -0.25) is 9.59 Å². The number of carbonyl (C=O) groups is 2. The number of aromatic nitrogens is 2. The lowest BCUT2D eigenvalue weighted by molar-refractivity contribution is -0.168. The third kappa shape index (κ3) is 3.95. The molecule has 3 fully saturated rings. The van der Waals surface area contributed by atoms with Crippen LogP contribution < -0.4 is 0 Å². The SMILES string of the molecule is CC(=O)OC[C@]1(C)C(O)C(C#N)=C[C@]2(C)C3=CC(=O)C4C5CC(C)(C)CC[C@]5(c5nnc(C)o5)CC[C@@]4(C)[C@]3(C)CC[C@H]21. The summed E-state index contributed by atoms with van der Waals surface area (Å²) in [6.45, 7) is 16.6. The number of carbonyl (C=O) groups excluding carboxylic acids is 2. The first-order chi connectivity index (χ1) is 20.0. The number of aliphatic hydroxyl groups excluding tert-OH is 1. The van der Waals surface area contributed by atoms with Crippen LogP contribution in [-0.4, -0.2) is 39.8 Å². The van der Waals surface area contributed by atoms with Gasteiger partial charge >= 0.3 is 5.97 Å². The Bertz CT molecular complexity index is 1480. The van der Waals surface area contributed by atoms with Gasteiger partial charge in [-0.05, 0) is 79.1 Å². The summed E-state index contributed by atoms with van der Waals surface area (Å²) < 4.78 is 11.7. The molecule has 0 amide bonds. The number of fused-ring (bicyclic) bond motifs is 7. The molecule has 0 bridgehead atoms. The van der Waals surface area contributed by atoms with Crippen molar-refractivity contribution < 1.29 is 23.8 Å². The van der Waals surface area contributed by atoms with Crippen molar-refractivity contribution in [1.82, 2.24) is 10.2 Å². The second-order valence-corrected chi connectivity index (χ2v) is 16.2. The van der Waals surface area contributed by atoms with Gasteiger partial charge in [0.2, 0.25) is 11.8 Å². The van der Waals surface area contributed by atoms with E-state index in [9.17, 15) is 20.0 Å². The Morgan fingerprint density at radius 3 is 2.44 bits per heavy atom. The van der Waals surface area contributed by atoms with Crippen molar-refractivity contribution in [2.24, 2.45) is 44.8 Å². The van der Waals surface area contributed by atoms with Gasteiger partial charge in [-0.1, -0.05) is 53.2 Å². The smallest absolute Gasteiger partial charge is 0.302 e. The Hall–Kier alpha value is -2.79. The van der Waals surface area contributed by atoms with Crippen molar-refractivity contribution in [3.8, 4) is 6.07 Å². The molecule has 8 heteroatoms. The number of ether oxygens (including phenoxy) is 1. The highest BCUT2D eigenvalue weighted by molar-refractivity contribution is 5.95. The molecule has 5 aliphatic rings. The average Bonchev–Trinajstić information content (AvgIpc) is 3.37. The minimum absolute atomic E-state index is 0.0177. The Labute approximate surface area is 255 Å². The second kappa shape index (κ2) is 9.36. The van der Waals surface area contributed by atoms with E-state index >= 15 is 0 Å². The van der Waals surface area contributed by atoms with E-state index in [1.54, 1.807) is 0 Å². The molecule has 9 atom stereocenters. The van der Waals surface area contributed by atoms with Crippen LogP contribution in [0, 0.1) is 63.1 Å². The number of aryl methyl sites for hydroxylation is 1. The Balaban J connectivity index is 1.51. The van der Waals surface area contributed by atoms with Crippen LogP contribution in [0.1, 0.15) is 105 Å². The van der Waals surface area contributed by atoms with Crippen LogP contribution in [0.25, 0.3) is 0 Å². The molecule has 0 aromatic carbocycles. The minimum Gasteiger partial charge on any atom is -0.465 e. The summed E-state index contributed by atoms with van der Waals surface area (Å²) in [5.74, 6) is 0.769. The van der Waals surface area contributed by atoms with E-state index in [2.05, 4.69) is 50.9 Å². The van der Waals surface area contributed by atoms with Gasteiger partial charge in [-0.15, -0.1) is 10.2 Å². The van der Waals surface area contributed by atoms with E-state index in [0.29, 0.717) is 11.8 Å². The van der Waals surface area contributed by atoms with E-state index in [4.69, 9.17) is 9.15 Å². The first kappa shape index (κ1) is 30.2. The Kier molecular flexibility index (Phi) is 6.58. The molecule has 232 valence electrons. The van der Waals surface area contributed by atoms with Crippen LogP contribution in [0.2, 0.25) is 0 Å². The maximum absolute atomic E-state index is 14.7. The van der Waals surface area contributed by atoms with Crippen molar-refractivity contribution in [3.63, 3.8) is 0 Å². The molecule has 3 unspecified atom stereocenters. The number of allylic oxidation sites excluding steroid dienone is 3. The molecule has 43 heavy (non-hydrogen) atoms. The Morgan fingerprint density at radius 2 is 1.81 bits per heavy atom. The van der Waals surface area contributed by atoms with Crippen molar-refractivity contribution in [1.29, 1.82) is 5.26 Å². The third-order valence-electron chi connectivity index (χ3n) is 13.4. The number of aliphatic hydroxyl groups is 1. The monoisotopic (exact) mass is 589 g/mol. The van der Waals surface area contributed by atoms with Gasteiger partial charge in [0.15, 0.2) is 5.78 Å². The standard InChI is InChI=1S/C35H47N3O5/c1-20-37-38-29(43-20)35-13-11-30(3,4)17-23(35)27-24(40)15-26-31(5)16-22(18-36)28(41)32(6,19-42-21(2)39)25(31)9-10-33(26,7)34(27,8)12-14-35/h15-16,23,25,27-28,41H,9-14,17,19H2,1-8H3/t23?,25-,27?,28?,31+,32+,33-,34-,35+/m1/s1. The Morgan fingerprint density at radius 1 is 1.12 bits per heavy atom. The molecule has 3 saturated carbocycles. The summed E-state index contributed by atoms with van der Waals surface area (Å²) in [5.41, 5.74) is -1.03. The quantitative estimate of drug-likeness (QED) is 0.414. The van der Waals surface area contributed by atoms with E-state index in [1.807, 2.05) is 26.0 Å². The fourth-order valence-corrected chi connectivity index (χ4v) is 10.9. The van der Waals surface area contributed by atoms with Crippen LogP contribution >= 0.6 is 0 Å². The number of nitrogens with zero attached hydrogens (tertiary/aromatic N) is 3. The summed E-state index contributed by atoms with van der Waals surface area (Å²) >= 11 is 0. The summed E-state index contributed by atoms with van der Waals surface area (Å²) in [5, 5.41) is 30.4. The van der Waals surface area contributed by atoms with Crippen LogP contribution in [0.3, 0.4) is 0 Å².